The average Bonchev–Trinajstić information content (AvgIpc) is 2.97. The smallest absolute Gasteiger partial charge is 0.393 e. The molecule has 2 aliphatic rings. The zero-order valence-electron chi connectivity index (χ0n) is 16.0. The van der Waals surface area contributed by atoms with Gasteiger partial charge in [0.1, 0.15) is 0 Å². The summed E-state index contributed by atoms with van der Waals surface area (Å²) >= 11 is 0. The van der Waals surface area contributed by atoms with Crippen LogP contribution in [0.2, 0.25) is 0 Å². The number of benzene rings is 1. The van der Waals surface area contributed by atoms with E-state index in [-0.39, 0.29) is 29.7 Å². The number of carbonyl (C=O) groups is 1. The van der Waals surface area contributed by atoms with E-state index < -0.39 is 41.5 Å². The number of hydrogen-bond donors (Lipinski definition) is 2. The van der Waals surface area contributed by atoms with E-state index in [2.05, 4.69) is 0 Å². The number of halogens is 7. The quantitative estimate of drug-likeness (QED) is 0.676. The number of aliphatic hydroxyl groups excluding tert-OH is 1. The lowest BCUT2D eigenvalue weighted by Gasteiger charge is -2.35. The van der Waals surface area contributed by atoms with Crippen molar-refractivity contribution in [2.45, 2.75) is 62.7 Å². The lowest BCUT2D eigenvalue weighted by atomic mass is 9.70. The fourth-order valence-corrected chi connectivity index (χ4v) is 5.29. The van der Waals surface area contributed by atoms with Crippen molar-refractivity contribution in [1.29, 1.82) is 0 Å². The molecule has 10 heteroatoms. The number of carbonyl (C=O) groups excluding carboxylic acids is 1. The first-order chi connectivity index (χ1) is 13.7. The van der Waals surface area contributed by atoms with Crippen molar-refractivity contribution in [2.75, 3.05) is 0 Å². The normalized spacial score (nSPS) is 28.0. The van der Waals surface area contributed by atoms with E-state index >= 15 is 0 Å². The van der Waals surface area contributed by atoms with Gasteiger partial charge >= 0.3 is 18.0 Å². The monoisotopic (exact) mass is 441 g/mol. The number of aliphatic hydroxyl groups is 1. The van der Waals surface area contributed by atoms with Gasteiger partial charge in [0.2, 0.25) is 5.91 Å². The zero-order valence-corrected chi connectivity index (χ0v) is 16.0. The SMILES string of the molecule is C[C@@H](O)CC1CC(C(N)=O)C2CCc3cc(C(F)(C(F)(F)F)C(F)(F)F)ccc3C12. The van der Waals surface area contributed by atoms with Crippen molar-refractivity contribution in [3.05, 3.63) is 34.9 Å². The molecule has 1 aromatic carbocycles. The maximum Gasteiger partial charge on any atom is 0.435 e. The Bertz CT molecular complexity index is 804. The number of aryl methyl sites for hydroxylation is 1. The molecule has 4 unspecified atom stereocenters. The molecule has 0 aromatic heterocycles. The van der Waals surface area contributed by atoms with Crippen LogP contribution in [0.5, 0.6) is 0 Å². The summed E-state index contributed by atoms with van der Waals surface area (Å²) in [5.74, 6) is -1.78. The standard InChI is InChI=1S/C20H22F7NO2/c1-9(29)6-11-8-15(17(28)30)14-4-2-10-7-12(3-5-13(10)16(11)14)18(21,19(22,23)24)20(25,26)27/h3,5,7,9,11,14-16,29H,2,4,6,8H2,1H3,(H2,28,30)/t9-,11?,14?,15?,16?/m1/s1. The molecule has 30 heavy (non-hydrogen) atoms. The number of alkyl halides is 7. The van der Waals surface area contributed by atoms with Gasteiger partial charge in [-0.1, -0.05) is 18.2 Å². The van der Waals surface area contributed by atoms with Gasteiger partial charge in [-0.05, 0) is 61.5 Å². The molecule has 1 amide bonds. The van der Waals surface area contributed by atoms with Crippen LogP contribution >= 0.6 is 0 Å². The summed E-state index contributed by atoms with van der Waals surface area (Å²) in [6.45, 7) is 1.56. The second-order valence-corrected chi connectivity index (χ2v) is 8.39. The van der Waals surface area contributed by atoms with Gasteiger partial charge in [-0.25, -0.2) is 4.39 Å². The molecule has 1 saturated carbocycles. The van der Waals surface area contributed by atoms with Crippen molar-refractivity contribution in [1.82, 2.24) is 0 Å². The molecule has 1 fully saturated rings. The molecule has 0 heterocycles. The third-order valence-electron chi connectivity index (χ3n) is 6.48. The van der Waals surface area contributed by atoms with Crippen molar-refractivity contribution in [2.24, 2.45) is 23.5 Å². The molecule has 2 aliphatic carbocycles. The largest absolute Gasteiger partial charge is 0.435 e. The minimum absolute atomic E-state index is 0.112. The van der Waals surface area contributed by atoms with E-state index in [0.29, 0.717) is 37.0 Å². The van der Waals surface area contributed by atoms with Crippen LogP contribution < -0.4 is 5.73 Å². The third kappa shape index (κ3) is 3.56. The summed E-state index contributed by atoms with van der Waals surface area (Å²) in [5.41, 5.74) is -0.790. The van der Waals surface area contributed by atoms with Gasteiger partial charge in [0, 0.05) is 11.5 Å². The fourth-order valence-electron chi connectivity index (χ4n) is 5.29. The highest BCUT2D eigenvalue weighted by atomic mass is 19.4. The number of rotatable bonds is 4. The Hall–Kier alpha value is -1.84. The number of amides is 1. The Balaban J connectivity index is 2.07. The molecule has 0 aliphatic heterocycles. The minimum Gasteiger partial charge on any atom is -0.393 e. The van der Waals surface area contributed by atoms with Crippen molar-refractivity contribution in [3.8, 4) is 0 Å². The predicted octanol–water partition coefficient (Wildman–Crippen LogP) is 4.51. The summed E-state index contributed by atoms with van der Waals surface area (Å²) in [7, 11) is 0. The van der Waals surface area contributed by atoms with Crippen LogP contribution in [0.25, 0.3) is 0 Å². The molecule has 3 nitrogen and oxygen atoms in total. The van der Waals surface area contributed by atoms with Gasteiger partial charge in [-0.15, -0.1) is 0 Å². The second kappa shape index (κ2) is 7.39. The molecule has 0 bridgehead atoms. The number of hydrogen-bond acceptors (Lipinski definition) is 2. The van der Waals surface area contributed by atoms with Crippen molar-refractivity contribution < 1.29 is 40.6 Å². The van der Waals surface area contributed by atoms with Crippen LogP contribution in [-0.2, 0) is 16.9 Å². The summed E-state index contributed by atoms with van der Waals surface area (Å²) in [6, 6.07) is 2.27. The zero-order chi connectivity index (χ0) is 22.6. The molecular weight excluding hydrogens is 419 g/mol. The average molecular weight is 441 g/mol. The first kappa shape index (κ1) is 22.8. The van der Waals surface area contributed by atoms with E-state index in [4.69, 9.17) is 5.73 Å². The Labute approximate surface area is 168 Å². The van der Waals surface area contributed by atoms with Crippen LogP contribution in [0.4, 0.5) is 30.7 Å². The molecule has 5 atom stereocenters. The first-order valence-corrected chi connectivity index (χ1v) is 9.61. The predicted molar refractivity (Wildman–Crippen MR) is 93.0 cm³/mol. The second-order valence-electron chi connectivity index (χ2n) is 8.39. The maximum atomic E-state index is 14.4. The topological polar surface area (TPSA) is 63.3 Å². The highest BCUT2D eigenvalue weighted by Gasteiger charge is 2.73. The molecule has 168 valence electrons. The van der Waals surface area contributed by atoms with Crippen LogP contribution in [0.3, 0.4) is 0 Å². The Morgan fingerprint density at radius 3 is 2.27 bits per heavy atom. The van der Waals surface area contributed by atoms with Crippen LogP contribution in [0.15, 0.2) is 18.2 Å². The summed E-state index contributed by atoms with van der Waals surface area (Å²) in [6.07, 6.45) is -11.9. The van der Waals surface area contributed by atoms with Gasteiger partial charge in [0.15, 0.2) is 0 Å². The first-order valence-electron chi connectivity index (χ1n) is 9.61. The summed E-state index contributed by atoms with van der Waals surface area (Å²) in [5, 5.41) is 9.79. The van der Waals surface area contributed by atoms with Gasteiger partial charge in [-0.3, -0.25) is 4.79 Å². The van der Waals surface area contributed by atoms with Crippen molar-refractivity contribution in [3.63, 3.8) is 0 Å². The number of fused-ring (bicyclic) bond motifs is 3. The van der Waals surface area contributed by atoms with E-state index in [1.165, 1.54) is 0 Å². The highest BCUT2D eigenvalue weighted by molar-refractivity contribution is 5.77. The molecular formula is C20H22F7NO2. The molecule has 0 saturated heterocycles. The van der Waals surface area contributed by atoms with Crippen molar-refractivity contribution >= 4 is 5.91 Å². The van der Waals surface area contributed by atoms with Gasteiger partial charge < -0.3 is 10.8 Å². The van der Waals surface area contributed by atoms with Gasteiger partial charge in [0.25, 0.3) is 0 Å². The lowest BCUT2D eigenvalue weighted by molar-refractivity contribution is -0.348. The Morgan fingerprint density at radius 1 is 1.17 bits per heavy atom. The summed E-state index contributed by atoms with van der Waals surface area (Å²) < 4.78 is 93.1. The Kier molecular flexibility index (Phi) is 5.62. The fraction of sp³-hybridized carbons (Fsp3) is 0.650. The number of nitrogens with two attached hydrogens (primary N) is 1. The molecule has 1 aromatic rings. The number of primary amides is 1. The van der Waals surface area contributed by atoms with E-state index in [9.17, 15) is 40.6 Å². The molecule has 3 rings (SSSR count). The lowest BCUT2D eigenvalue weighted by Crippen LogP contribution is -2.50. The van der Waals surface area contributed by atoms with Gasteiger partial charge in [-0.2, -0.15) is 26.3 Å². The van der Waals surface area contributed by atoms with Crippen LogP contribution in [0.1, 0.15) is 48.8 Å². The summed E-state index contributed by atoms with van der Waals surface area (Å²) in [4.78, 5) is 11.9. The molecule has 0 radical (unpaired) electrons. The molecule has 3 N–H and O–H groups in total. The minimum atomic E-state index is -6.17. The highest BCUT2D eigenvalue weighted by Crippen LogP contribution is 2.57. The molecule has 0 spiro atoms. The van der Waals surface area contributed by atoms with Crippen LogP contribution in [-0.4, -0.2) is 29.5 Å². The third-order valence-corrected chi connectivity index (χ3v) is 6.48. The van der Waals surface area contributed by atoms with E-state index in [1.54, 1.807) is 6.92 Å². The Morgan fingerprint density at radius 2 is 1.77 bits per heavy atom. The van der Waals surface area contributed by atoms with Crippen LogP contribution in [0, 0.1) is 17.8 Å². The van der Waals surface area contributed by atoms with E-state index in [0.717, 1.165) is 6.07 Å². The van der Waals surface area contributed by atoms with E-state index in [1.807, 2.05) is 0 Å². The van der Waals surface area contributed by atoms with Gasteiger partial charge in [0.05, 0.1) is 6.10 Å². The maximum absolute atomic E-state index is 14.4.